The van der Waals surface area contributed by atoms with Gasteiger partial charge in [0.2, 0.25) is 0 Å². The molecule has 4 heteroatoms. The van der Waals surface area contributed by atoms with Crippen molar-refractivity contribution in [3.8, 4) is 0 Å². The summed E-state index contributed by atoms with van der Waals surface area (Å²) in [5.74, 6) is 0. The van der Waals surface area contributed by atoms with E-state index >= 15 is 0 Å². The van der Waals surface area contributed by atoms with E-state index in [1.807, 2.05) is 0 Å². The molecule has 0 aromatic heterocycles. The van der Waals surface area contributed by atoms with Crippen LogP contribution in [0.3, 0.4) is 0 Å². The molecule has 0 bridgehead atoms. The average molecular weight is 209 g/mol. The molecule has 1 radical (unpaired) electrons. The van der Waals surface area contributed by atoms with Crippen LogP contribution in [0, 0.1) is 0 Å². The molecule has 0 aliphatic heterocycles. The van der Waals surface area contributed by atoms with Crippen molar-refractivity contribution in [2.45, 2.75) is 0 Å². The fraction of sp³-hybridized carbons (Fsp3) is 0. The van der Waals surface area contributed by atoms with Gasteiger partial charge in [0.1, 0.15) is 0 Å². The van der Waals surface area contributed by atoms with Crippen LogP contribution in [0.4, 0.5) is 0 Å². The summed E-state index contributed by atoms with van der Waals surface area (Å²) in [5.41, 5.74) is 0. The fourth-order valence-electron chi connectivity index (χ4n) is 0. The van der Waals surface area contributed by atoms with E-state index in [2.05, 4.69) is 0 Å². The molecule has 0 aromatic carbocycles. The van der Waals surface area contributed by atoms with Crippen molar-refractivity contribution in [1.29, 1.82) is 0 Å². The third-order valence-electron chi connectivity index (χ3n) is 0. The Hall–Kier alpha value is 2.39. The van der Waals surface area contributed by atoms with Crippen LogP contribution in [0.15, 0.2) is 0 Å². The Morgan fingerprint density at radius 1 is 1.25 bits per heavy atom. The van der Waals surface area contributed by atoms with Gasteiger partial charge in [-0.25, -0.2) is 0 Å². The maximum Gasteiger partial charge on any atom is 2.00 e. The van der Waals surface area contributed by atoms with E-state index in [4.69, 9.17) is 0 Å². The quantitative estimate of drug-likeness (QED) is 0.486. The zero-order valence-corrected chi connectivity index (χ0v) is 8.47. The van der Waals surface area contributed by atoms with Gasteiger partial charge < -0.3 is 2.85 Å². The molecule has 0 N–H and O–H groups in total. The molecule has 0 fully saturated rings. The van der Waals surface area contributed by atoms with E-state index in [0.29, 0.717) is 0 Å². The van der Waals surface area contributed by atoms with Crippen molar-refractivity contribution < 1.29 is 55.6 Å². The second kappa shape index (κ2) is 18.2. The smallest absolute Gasteiger partial charge is 1.00 e. The van der Waals surface area contributed by atoms with Crippen molar-refractivity contribution in [2.75, 3.05) is 0 Å². The van der Waals surface area contributed by atoms with Gasteiger partial charge in [0.15, 0.2) is 0 Å². The molecule has 0 unspecified atom stereocenters. The van der Waals surface area contributed by atoms with Gasteiger partial charge in [-0.05, 0) is 0 Å². The van der Waals surface area contributed by atoms with Crippen molar-refractivity contribution in [3.05, 3.63) is 0 Å². The Kier molecular flexibility index (Phi) is 148. The molecular formula is H2CoMgNiZn. The zero-order chi connectivity index (χ0) is 0. The first-order valence-corrected chi connectivity index (χ1v) is 0. The SMILES string of the molecule is [Co].[H-].[H-].[Mg+2].[Ni].[Zn]. The molecular weight excluding hydrogens is 207 g/mol. The fourth-order valence-corrected chi connectivity index (χ4v) is 0. The van der Waals surface area contributed by atoms with Gasteiger partial charge in [0.05, 0.1) is 0 Å². The van der Waals surface area contributed by atoms with E-state index in [9.17, 15) is 0 Å². The number of rotatable bonds is 0. The molecule has 0 atom stereocenters. The maximum atomic E-state index is 0. The van der Waals surface area contributed by atoms with E-state index in [1.54, 1.807) is 0 Å². The van der Waals surface area contributed by atoms with Crippen LogP contribution in [-0.4, -0.2) is 23.1 Å². The molecule has 0 amide bonds. The molecule has 4 heavy (non-hydrogen) atoms. The first-order chi connectivity index (χ1) is 0. The first kappa shape index (κ1) is 32.5. The Morgan fingerprint density at radius 2 is 1.25 bits per heavy atom. The van der Waals surface area contributed by atoms with Crippen molar-refractivity contribution in [2.24, 2.45) is 0 Å². The van der Waals surface area contributed by atoms with Crippen LogP contribution in [0.25, 0.3) is 0 Å². The van der Waals surface area contributed by atoms with Crippen LogP contribution in [-0.2, 0) is 52.7 Å². The molecule has 0 heterocycles. The Bertz CT molecular complexity index is 13.5. The van der Waals surface area contributed by atoms with Gasteiger partial charge in [-0.3, -0.25) is 0 Å². The molecule has 25 valence electrons. The van der Waals surface area contributed by atoms with Gasteiger partial charge in [-0.15, -0.1) is 0 Å². The van der Waals surface area contributed by atoms with Gasteiger partial charge in [0, 0.05) is 52.7 Å². The first-order valence-electron chi connectivity index (χ1n) is 0. The Morgan fingerprint density at radius 3 is 1.25 bits per heavy atom. The molecule has 0 aliphatic carbocycles. The standard InChI is InChI=1S/Co.Mg.Ni.Zn.2H/q;+2;;;2*-1. The molecule has 0 rings (SSSR count). The summed E-state index contributed by atoms with van der Waals surface area (Å²) in [5, 5.41) is 0. The van der Waals surface area contributed by atoms with Crippen LogP contribution < -0.4 is 0 Å². The largest absolute Gasteiger partial charge is 2.00 e. The molecule has 0 spiro atoms. The molecule has 0 saturated heterocycles. The second-order valence-electron chi connectivity index (χ2n) is 0. The minimum Gasteiger partial charge on any atom is -1.00 e. The minimum atomic E-state index is 0. The van der Waals surface area contributed by atoms with Crippen LogP contribution in [0.5, 0.6) is 0 Å². The summed E-state index contributed by atoms with van der Waals surface area (Å²) in [6.45, 7) is 0. The van der Waals surface area contributed by atoms with Crippen LogP contribution >= 0.6 is 0 Å². The zero-order valence-electron chi connectivity index (χ0n) is 4.06. The predicted molar refractivity (Wildman–Crippen MR) is 7.98 cm³/mol. The van der Waals surface area contributed by atoms with Gasteiger partial charge >= 0.3 is 23.1 Å². The van der Waals surface area contributed by atoms with Crippen LogP contribution in [0.2, 0.25) is 0 Å². The van der Waals surface area contributed by atoms with E-state index < -0.39 is 0 Å². The van der Waals surface area contributed by atoms with E-state index in [-0.39, 0.29) is 78.7 Å². The summed E-state index contributed by atoms with van der Waals surface area (Å²) in [6.07, 6.45) is 0. The molecule has 0 aromatic rings. The minimum absolute atomic E-state index is 0. The van der Waals surface area contributed by atoms with Crippen molar-refractivity contribution >= 4 is 23.1 Å². The summed E-state index contributed by atoms with van der Waals surface area (Å²) < 4.78 is 0. The van der Waals surface area contributed by atoms with Crippen molar-refractivity contribution in [3.63, 3.8) is 0 Å². The van der Waals surface area contributed by atoms with Crippen molar-refractivity contribution in [1.82, 2.24) is 0 Å². The monoisotopic (exact) mass is 207 g/mol. The summed E-state index contributed by atoms with van der Waals surface area (Å²) in [4.78, 5) is 0. The number of hydrogen-bond donors (Lipinski definition) is 0. The summed E-state index contributed by atoms with van der Waals surface area (Å²) >= 11 is 0. The van der Waals surface area contributed by atoms with E-state index in [1.165, 1.54) is 0 Å². The van der Waals surface area contributed by atoms with Gasteiger partial charge in [-0.2, -0.15) is 0 Å². The molecule has 0 saturated carbocycles. The Balaban J connectivity index is 0. The van der Waals surface area contributed by atoms with Crippen LogP contribution in [0.1, 0.15) is 2.85 Å². The Labute approximate surface area is 77.9 Å². The maximum absolute atomic E-state index is 0. The summed E-state index contributed by atoms with van der Waals surface area (Å²) in [6, 6.07) is 0. The summed E-state index contributed by atoms with van der Waals surface area (Å²) in [7, 11) is 0. The number of hydrogen-bond acceptors (Lipinski definition) is 0. The average Bonchev–Trinajstić information content (AvgIpc) is 0. The predicted octanol–water partition coefficient (Wildman–Crippen LogP) is -0.163. The van der Waals surface area contributed by atoms with Gasteiger partial charge in [0.25, 0.3) is 0 Å². The van der Waals surface area contributed by atoms with Gasteiger partial charge in [-0.1, -0.05) is 0 Å². The van der Waals surface area contributed by atoms with E-state index in [0.717, 1.165) is 0 Å². The topological polar surface area (TPSA) is 0 Å². The molecule has 0 nitrogen and oxygen atoms in total. The second-order valence-corrected chi connectivity index (χ2v) is 0. The normalized spacial score (nSPS) is 0. The third-order valence-corrected chi connectivity index (χ3v) is 0. The third kappa shape index (κ3) is 8.83. The molecule has 0 aliphatic rings.